The standard InChI is InChI=1S/C13H13IN2O2S/c1-8-16-10(7-19-8)4-5-15-13(18)9-2-3-11(14)12(17)6-9/h2-3,6-7,17H,4-5H2,1H3,(H,15,18). The summed E-state index contributed by atoms with van der Waals surface area (Å²) in [5.41, 5.74) is 1.46. The van der Waals surface area contributed by atoms with Gasteiger partial charge in [0.1, 0.15) is 5.75 Å². The summed E-state index contributed by atoms with van der Waals surface area (Å²) in [4.78, 5) is 16.2. The van der Waals surface area contributed by atoms with Crippen LogP contribution in [0, 0.1) is 10.5 Å². The summed E-state index contributed by atoms with van der Waals surface area (Å²) >= 11 is 3.62. The normalized spacial score (nSPS) is 10.4. The molecule has 0 aliphatic heterocycles. The molecule has 1 aromatic heterocycles. The van der Waals surface area contributed by atoms with E-state index >= 15 is 0 Å². The lowest BCUT2D eigenvalue weighted by Crippen LogP contribution is -2.25. The van der Waals surface area contributed by atoms with E-state index in [9.17, 15) is 9.90 Å². The van der Waals surface area contributed by atoms with Crippen LogP contribution in [-0.4, -0.2) is 22.5 Å². The summed E-state index contributed by atoms with van der Waals surface area (Å²) in [7, 11) is 0. The van der Waals surface area contributed by atoms with E-state index in [1.54, 1.807) is 23.5 Å². The van der Waals surface area contributed by atoms with Crippen LogP contribution in [0.15, 0.2) is 23.6 Å². The zero-order valence-electron chi connectivity index (χ0n) is 10.3. The van der Waals surface area contributed by atoms with Crippen molar-refractivity contribution in [2.75, 3.05) is 6.54 Å². The van der Waals surface area contributed by atoms with Crippen molar-refractivity contribution in [2.45, 2.75) is 13.3 Å². The van der Waals surface area contributed by atoms with Crippen LogP contribution in [0.2, 0.25) is 0 Å². The Hall–Kier alpha value is -1.15. The quantitative estimate of drug-likeness (QED) is 0.792. The number of phenols is 1. The van der Waals surface area contributed by atoms with E-state index < -0.39 is 0 Å². The number of benzene rings is 1. The molecule has 19 heavy (non-hydrogen) atoms. The van der Waals surface area contributed by atoms with Gasteiger partial charge in [0.25, 0.3) is 5.91 Å². The molecule has 0 fully saturated rings. The molecule has 2 N–H and O–H groups in total. The average molecular weight is 388 g/mol. The molecule has 0 saturated carbocycles. The topological polar surface area (TPSA) is 62.2 Å². The highest BCUT2D eigenvalue weighted by atomic mass is 127. The first-order chi connectivity index (χ1) is 9.06. The molecule has 6 heteroatoms. The second kappa shape index (κ2) is 6.33. The Morgan fingerprint density at radius 2 is 2.32 bits per heavy atom. The van der Waals surface area contributed by atoms with Crippen molar-refractivity contribution in [2.24, 2.45) is 0 Å². The van der Waals surface area contributed by atoms with E-state index in [2.05, 4.69) is 10.3 Å². The molecule has 4 nitrogen and oxygen atoms in total. The molecule has 0 aliphatic rings. The molecule has 100 valence electrons. The molecule has 0 spiro atoms. The van der Waals surface area contributed by atoms with Gasteiger partial charge in [-0.05, 0) is 47.7 Å². The highest BCUT2D eigenvalue weighted by Gasteiger charge is 2.08. The van der Waals surface area contributed by atoms with E-state index in [0.29, 0.717) is 18.5 Å². The third-order valence-corrected chi connectivity index (χ3v) is 4.28. The van der Waals surface area contributed by atoms with E-state index in [4.69, 9.17) is 0 Å². The predicted octanol–water partition coefficient (Wildman–Crippen LogP) is 2.73. The van der Waals surface area contributed by atoms with E-state index in [1.165, 1.54) is 6.07 Å². The van der Waals surface area contributed by atoms with Crippen LogP contribution in [0.3, 0.4) is 0 Å². The third kappa shape index (κ3) is 3.90. The zero-order chi connectivity index (χ0) is 13.8. The second-order valence-corrected chi connectivity index (χ2v) is 6.25. The van der Waals surface area contributed by atoms with Gasteiger partial charge >= 0.3 is 0 Å². The van der Waals surface area contributed by atoms with Crippen LogP contribution in [0.1, 0.15) is 21.1 Å². The van der Waals surface area contributed by atoms with Gasteiger partial charge in [-0.2, -0.15) is 0 Å². The van der Waals surface area contributed by atoms with Crippen LogP contribution < -0.4 is 5.32 Å². The Balaban J connectivity index is 1.89. The maximum absolute atomic E-state index is 11.9. The number of halogens is 1. The number of thiazole rings is 1. The SMILES string of the molecule is Cc1nc(CCNC(=O)c2ccc(I)c(O)c2)cs1. The van der Waals surface area contributed by atoms with Gasteiger partial charge in [0, 0.05) is 23.9 Å². The summed E-state index contributed by atoms with van der Waals surface area (Å²) in [6.07, 6.45) is 0.715. The van der Waals surface area contributed by atoms with E-state index in [-0.39, 0.29) is 11.7 Å². The second-order valence-electron chi connectivity index (χ2n) is 4.03. The number of rotatable bonds is 4. The molecule has 1 aromatic carbocycles. The van der Waals surface area contributed by atoms with Crippen LogP contribution in [-0.2, 0) is 6.42 Å². The fraction of sp³-hybridized carbons (Fsp3) is 0.231. The van der Waals surface area contributed by atoms with Gasteiger partial charge < -0.3 is 10.4 Å². The molecular weight excluding hydrogens is 375 g/mol. The van der Waals surface area contributed by atoms with Crippen molar-refractivity contribution in [3.63, 3.8) is 0 Å². The Kier molecular flexibility index (Phi) is 4.76. The number of carbonyl (C=O) groups is 1. The summed E-state index contributed by atoms with van der Waals surface area (Å²) in [5.74, 6) is -0.0537. The van der Waals surface area contributed by atoms with Crippen molar-refractivity contribution >= 4 is 39.8 Å². The van der Waals surface area contributed by atoms with Crippen LogP contribution >= 0.6 is 33.9 Å². The van der Waals surface area contributed by atoms with Gasteiger partial charge in [-0.15, -0.1) is 11.3 Å². The monoisotopic (exact) mass is 388 g/mol. The fourth-order valence-electron chi connectivity index (χ4n) is 1.58. The van der Waals surface area contributed by atoms with Gasteiger partial charge in [-0.25, -0.2) is 4.98 Å². The van der Waals surface area contributed by atoms with Crippen molar-refractivity contribution in [3.05, 3.63) is 43.4 Å². The number of amides is 1. The number of nitrogens with zero attached hydrogens (tertiary/aromatic N) is 1. The van der Waals surface area contributed by atoms with E-state index in [1.807, 2.05) is 34.9 Å². The molecule has 1 heterocycles. The number of nitrogens with one attached hydrogen (secondary N) is 1. The highest BCUT2D eigenvalue weighted by molar-refractivity contribution is 14.1. The smallest absolute Gasteiger partial charge is 0.251 e. The first-order valence-electron chi connectivity index (χ1n) is 5.74. The number of aromatic hydroxyl groups is 1. The molecule has 0 bridgehead atoms. The van der Waals surface area contributed by atoms with Crippen LogP contribution in [0.4, 0.5) is 0 Å². The number of carbonyl (C=O) groups excluding carboxylic acids is 1. The predicted molar refractivity (Wildman–Crippen MR) is 83.7 cm³/mol. The molecule has 2 rings (SSSR count). The van der Waals surface area contributed by atoms with Crippen LogP contribution in [0.5, 0.6) is 5.75 Å². The third-order valence-electron chi connectivity index (χ3n) is 2.54. The first-order valence-corrected chi connectivity index (χ1v) is 7.70. The van der Waals surface area contributed by atoms with Gasteiger partial charge in [-0.3, -0.25) is 4.79 Å². The molecule has 2 aromatic rings. The number of hydrogen-bond acceptors (Lipinski definition) is 4. The Labute approximate surface area is 129 Å². The van der Waals surface area contributed by atoms with Crippen molar-refractivity contribution in [1.82, 2.24) is 10.3 Å². The number of hydrogen-bond donors (Lipinski definition) is 2. The minimum atomic E-state index is -0.182. The molecular formula is C13H13IN2O2S. The van der Waals surface area contributed by atoms with Gasteiger partial charge in [0.15, 0.2) is 0 Å². The molecule has 0 atom stereocenters. The summed E-state index contributed by atoms with van der Waals surface area (Å²) in [6.45, 7) is 2.50. The molecule has 1 amide bonds. The molecule has 0 radical (unpaired) electrons. The van der Waals surface area contributed by atoms with Crippen molar-refractivity contribution in [3.8, 4) is 5.75 Å². The highest BCUT2D eigenvalue weighted by Crippen LogP contribution is 2.20. The molecule has 0 saturated heterocycles. The van der Waals surface area contributed by atoms with E-state index in [0.717, 1.165) is 14.3 Å². The number of aromatic nitrogens is 1. The summed E-state index contributed by atoms with van der Waals surface area (Å²) in [5, 5.41) is 15.4. The Morgan fingerprint density at radius 3 is 2.95 bits per heavy atom. The summed E-state index contributed by atoms with van der Waals surface area (Å²) in [6, 6.07) is 4.89. The Morgan fingerprint density at radius 1 is 1.53 bits per heavy atom. The molecule has 0 unspecified atom stereocenters. The fourth-order valence-corrected chi connectivity index (χ4v) is 2.57. The van der Waals surface area contributed by atoms with Crippen molar-refractivity contribution < 1.29 is 9.90 Å². The Bertz CT molecular complexity index is 598. The first kappa shape index (κ1) is 14.3. The molecule has 0 aliphatic carbocycles. The average Bonchev–Trinajstić information content (AvgIpc) is 2.78. The number of phenolic OH excluding ortho intramolecular Hbond substituents is 1. The number of aryl methyl sites for hydroxylation is 1. The maximum Gasteiger partial charge on any atom is 0.251 e. The van der Waals surface area contributed by atoms with Crippen molar-refractivity contribution in [1.29, 1.82) is 0 Å². The lowest BCUT2D eigenvalue weighted by Gasteiger charge is -2.05. The van der Waals surface area contributed by atoms with Gasteiger partial charge in [0.05, 0.1) is 14.3 Å². The van der Waals surface area contributed by atoms with Gasteiger partial charge in [0.2, 0.25) is 0 Å². The largest absolute Gasteiger partial charge is 0.507 e. The van der Waals surface area contributed by atoms with Gasteiger partial charge in [-0.1, -0.05) is 0 Å². The summed E-state index contributed by atoms with van der Waals surface area (Å²) < 4.78 is 0.729. The van der Waals surface area contributed by atoms with Crippen LogP contribution in [0.25, 0.3) is 0 Å². The zero-order valence-corrected chi connectivity index (χ0v) is 13.3. The lowest BCUT2D eigenvalue weighted by molar-refractivity contribution is 0.0953. The minimum Gasteiger partial charge on any atom is -0.507 e. The lowest BCUT2D eigenvalue weighted by atomic mass is 10.2. The minimum absolute atomic E-state index is 0.128. The maximum atomic E-state index is 11.9.